The van der Waals surface area contributed by atoms with E-state index in [1.54, 1.807) is 36.4 Å². The molecule has 3 nitrogen and oxygen atoms in total. The summed E-state index contributed by atoms with van der Waals surface area (Å²) in [5.74, 6) is 1.58. The fourth-order valence-electron chi connectivity index (χ4n) is 4.97. The molecule has 3 N–H and O–H groups in total. The molecule has 2 unspecified atom stereocenters. The van der Waals surface area contributed by atoms with Gasteiger partial charge in [-0.05, 0) is 77.8 Å². The normalized spacial score (nSPS) is 21.3. The number of phenolic OH excluding ortho intramolecular Hbond substituents is 3. The highest BCUT2D eigenvalue weighted by molar-refractivity contribution is 5.48. The number of phenols is 3. The maximum absolute atomic E-state index is 9.85. The molecule has 0 radical (unpaired) electrons. The first-order chi connectivity index (χ1) is 13.5. The predicted octanol–water partition coefficient (Wildman–Crippen LogP) is 5.69. The van der Waals surface area contributed by atoms with Crippen molar-refractivity contribution in [3.63, 3.8) is 0 Å². The highest BCUT2D eigenvalue weighted by atomic mass is 16.3. The lowest BCUT2D eigenvalue weighted by Crippen LogP contribution is -2.40. The van der Waals surface area contributed by atoms with Crippen LogP contribution in [-0.2, 0) is 5.41 Å². The van der Waals surface area contributed by atoms with E-state index in [0.717, 1.165) is 19.3 Å². The summed E-state index contributed by atoms with van der Waals surface area (Å²) >= 11 is 0. The van der Waals surface area contributed by atoms with Gasteiger partial charge in [0.05, 0.1) is 0 Å². The van der Waals surface area contributed by atoms with Crippen LogP contribution in [0.25, 0.3) is 0 Å². The highest BCUT2D eigenvalue weighted by Gasteiger charge is 2.46. The van der Waals surface area contributed by atoms with Gasteiger partial charge < -0.3 is 15.3 Å². The third-order valence-corrected chi connectivity index (χ3v) is 6.27. The van der Waals surface area contributed by atoms with Gasteiger partial charge in [0.2, 0.25) is 0 Å². The number of benzene rings is 3. The third-order valence-electron chi connectivity index (χ3n) is 6.27. The van der Waals surface area contributed by atoms with Crippen LogP contribution in [-0.4, -0.2) is 15.3 Å². The first-order valence-electron chi connectivity index (χ1n) is 9.87. The molecule has 1 aliphatic carbocycles. The second-order valence-corrected chi connectivity index (χ2v) is 8.10. The zero-order chi connectivity index (χ0) is 19.7. The number of hydrogen-bond acceptors (Lipinski definition) is 3. The SMILES string of the molecule is CC1CCC(c2ccc(O)cc2)C(c2ccc(O)cc2)(c2ccc(O)cc2)C1. The molecule has 0 saturated heterocycles. The van der Waals surface area contributed by atoms with Crippen LogP contribution in [0.4, 0.5) is 0 Å². The molecule has 0 aromatic heterocycles. The Labute approximate surface area is 165 Å². The molecule has 1 aliphatic rings. The molecular formula is C25H26O3. The van der Waals surface area contributed by atoms with Gasteiger partial charge in [0.1, 0.15) is 17.2 Å². The van der Waals surface area contributed by atoms with Crippen molar-refractivity contribution in [3.8, 4) is 17.2 Å². The maximum atomic E-state index is 9.85. The molecule has 2 atom stereocenters. The molecule has 3 aromatic rings. The summed E-state index contributed by atoms with van der Waals surface area (Å²) in [7, 11) is 0. The Bertz CT molecular complexity index is 882. The van der Waals surface area contributed by atoms with Crippen LogP contribution in [0.5, 0.6) is 17.2 Å². The number of hydrogen-bond donors (Lipinski definition) is 3. The summed E-state index contributed by atoms with van der Waals surface area (Å²) in [6, 6.07) is 22.7. The smallest absolute Gasteiger partial charge is 0.115 e. The second-order valence-electron chi connectivity index (χ2n) is 8.10. The summed E-state index contributed by atoms with van der Waals surface area (Å²) in [4.78, 5) is 0. The average Bonchev–Trinajstić information content (AvgIpc) is 2.70. The maximum Gasteiger partial charge on any atom is 0.115 e. The van der Waals surface area contributed by atoms with Crippen LogP contribution in [0.15, 0.2) is 72.8 Å². The Morgan fingerprint density at radius 2 is 1.07 bits per heavy atom. The summed E-state index contributed by atoms with van der Waals surface area (Å²) in [6.45, 7) is 2.29. The van der Waals surface area contributed by atoms with Crippen molar-refractivity contribution < 1.29 is 15.3 Å². The van der Waals surface area contributed by atoms with Crippen molar-refractivity contribution >= 4 is 0 Å². The van der Waals surface area contributed by atoms with Gasteiger partial charge in [-0.15, -0.1) is 0 Å². The van der Waals surface area contributed by atoms with Gasteiger partial charge in [0.25, 0.3) is 0 Å². The first kappa shape index (κ1) is 18.4. The van der Waals surface area contributed by atoms with Crippen molar-refractivity contribution in [2.75, 3.05) is 0 Å². The summed E-state index contributed by atoms with van der Waals surface area (Å²) < 4.78 is 0. The van der Waals surface area contributed by atoms with E-state index in [1.165, 1.54) is 16.7 Å². The van der Waals surface area contributed by atoms with Gasteiger partial charge in [-0.3, -0.25) is 0 Å². The van der Waals surface area contributed by atoms with Crippen molar-refractivity contribution in [1.29, 1.82) is 0 Å². The lowest BCUT2D eigenvalue weighted by Gasteiger charge is -2.48. The van der Waals surface area contributed by atoms with E-state index in [0.29, 0.717) is 5.92 Å². The fourth-order valence-corrected chi connectivity index (χ4v) is 4.97. The number of rotatable bonds is 3. The van der Waals surface area contributed by atoms with Crippen LogP contribution in [0.2, 0.25) is 0 Å². The zero-order valence-corrected chi connectivity index (χ0v) is 16.0. The summed E-state index contributed by atoms with van der Waals surface area (Å²) in [6.07, 6.45) is 3.16. The Morgan fingerprint density at radius 3 is 1.54 bits per heavy atom. The molecule has 0 bridgehead atoms. The highest BCUT2D eigenvalue weighted by Crippen LogP contribution is 2.55. The lowest BCUT2D eigenvalue weighted by atomic mass is 9.55. The van der Waals surface area contributed by atoms with E-state index in [1.807, 2.05) is 36.4 Å². The Morgan fingerprint density at radius 1 is 0.643 bits per heavy atom. The molecular weight excluding hydrogens is 348 g/mol. The lowest BCUT2D eigenvalue weighted by molar-refractivity contribution is 0.233. The molecule has 0 amide bonds. The molecule has 1 fully saturated rings. The van der Waals surface area contributed by atoms with E-state index in [9.17, 15) is 15.3 Å². The minimum atomic E-state index is -0.268. The molecule has 0 aliphatic heterocycles. The van der Waals surface area contributed by atoms with Crippen molar-refractivity contribution in [1.82, 2.24) is 0 Å². The monoisotopic (exact) mass is 374 g/mol. The molecule has 0 heterocycles. The molecule has 144 valence electrons. The van der Waals surface area contributed by atoms with Crippen molar-refractivity contribution in [2.45, 2.75) is 37.5 Å². The molecule has 28 heavy (non-hydrogen) atoms. The molecule has 1 saturated carbocycles. The van der Waals surface area contributed by atoms with E-state index in [2.05, 4.69) is 6.92 Å². The molecule has 3 heteroatoms. The summed E-state index contributed by atoms with van der Waals surface area (Å²) in [5.41, 5.74) is 3.27. The molecule has 3 aromatic carbocycles. The molecule has 4 rings (SSSR count). The van der Waals surface area contributed by atoms with E-state index in [4.69, 9.17) is 0 Å². The van der Waals surface area contributed by atoms with Crippen LogP contribution in [0.3, 0.4) is 0 Å². The first-order valence-corrected chi connectivity index (χ1v) is 9.87. The predicted molar refractivity (Wildman–Crippen MR) is 111 cm³/mol. The minimum absolute atomic E-state index is 0.235. The summed E-state index contributed by atoms with van der Waals surface area (Å²) in [5, 5.41) is 29.5. The van der Waals surface area contributed by atoms with Crippen LogP contribution in [0, 0.1) is 5.92 Å². The van der Waals surface area contributed by atoms with E-state index < -0.39 is 0 Å². The van der Waals surface area contributed by atoms with Gasteiger partial charge in [-0.25, -0.2) is 0 Å². The minimum Gasteiger partial charge on any atom is -0.508 e. The van der Waals surface area contributed by atoms with Crippen LogP contribution in [0.1, 0.15) is 48.8 Å². The fraction of sp³-hybridized carbons (Fsp3) is 0.280. The number of aromatic hydroxyl groups is 3. The van der Waals surface area contributed by atoms with Crippen molar-refractivity contribution in [2.24, 2.45) is 5.92 Å². The largest absolute Gasteiger partial charge is 0.508 e. The molecule has 0 spiro atoms. The van der Waals surface area contributed by atoms with Gasteiger partial charge >= 0.3 is 0 Å². The average molecular weight is 374 g/mol. The van der Waals surface area contributed by atoms with Crippen molar-refractivity contribution in [3.05, 3.63) is 89.5 Å². The van der Waals surface area contributed by atoms with Crippen LogP contribution >= 0.6 is 0 Å². The third kappa shape index (κ3) is 3.22. The Balaban J connectivity index is 1.95. The van der Waals surface area contributed by atoms with Crippen LogP contribution < -0.4 is 0 Å². The zero-order valence-electron chi connectivity index (χ0n) is 16.0. The van der Waals surface area contributed by atoms with Gasteiger partial charge in [-0.2, -0.15) is 0 Å². The van der Waals surface area contributed by atoms with E-state index >= 15 is 0 Å². The second kappa shape index (κ2) is 7.23. The topological polar surface area (TPSA) is 60.7 Å². The van der Waals surface area contributed by atoms with Gasteiger partial charge in [0.15, 0.2) is 0 Å². The Kier molecular flexibility index (Phi) is 4.76. The van der Waals surface area contributed by atoms with E-state index in [-0.39, 0.29) is 28.6 Å². The quantitative estimate of drug-likeness (QED) is 0.552. The van der Waals surface area contributed by atoms with Gasteiger partial charge in [-0.1, -0.05) is 49.7 Å². The standard InChI is InChI=1S/C25H26O3/c1-17-2-15-24(18-3-9-21(26)10-4-18)25(16-17,19-5-11-22(27)12-6-19)20-7-13-23(28)14-8-20/h3-14,17,24,26-28H,2,15-16H2,1H3. The Hall–Kier alpha value is -2.94. The van der Waals surface area contributed by atoms with Gasteiger partial charge in [0, 0.05) is 5.41 Å².